The fourth-order valence-electron chi connectivity index (χ4n) is 3.52. The van der Waals surface area contributed by atoms with E-state index in [1.165, 1.54) is 6.42 Å². The summed E-state index contributed by atoms with van der Waals surface area (Å²) in [4.78, 5) is 4.89. The summed E-state index contributed by atoms with van der Waals surface area (Å²) in [5, 5.41) is 13.1. The SMILES string of the molecule is CCCC1(c2nc3ccccc3n2CCO)CCCN1. The molecule has 1 aliphatic rings. The third-order valence-corrected chi connectivity index (χ3v) is 4.33. The van der Waals surface area contributed by atoms with Crippen molar-refractivity contribution in [1.82, 2.24) is 14.9 Å². The van der Waals surface area contributed by atoms with Crippen LogP contribution < -0.4 is 5.32 Å². The lowest BCUT2D eigenvalue weighted by Gasteiger charge is -2.29. The molecule has 2 aromatic rings. The van der Waals surface area contributed by atoms with Crippen molar-refractivity contribution in [2.45, 2.75) is 44.7 Å². The smallest absolute Gasteiger partial charge is 0.130 e. The molecule has 20 heavy (non-hydrogen) atoms. The Morgan fingerprint density at radius 3 is 2.95 bits per heavy atom. The molecule has 1 saturated heterocycles. The van der Waals surface area contributed by atoms with E-state index in [9.17, 15) is 5.11 Å². The number of nitrogens with one attached hydrogen (secondary N) is 1. The number of hydrogen-bond donors (Lipinski definition) is 2. The van der Waals surface area contributed by atoms with Crippen molar-refractivity contribution >= 4 is 11.0 Å². The largest absolute Gasteiger partial charge is 0.395 e. The number of aliphatic hydroxyl groups is 1. The van der Waals surface area contributed by atoms with E-state index >= 15 is 0 Å². The number of hydrogen-bond acceptors (Lipinski definition) is 3. The second-order valence-corrected chi connectivity index (χ2v) is 5.66. The summed E-state index contributed by atoms with van der Waals surface area (Å²) in [6, 6.07) is 8.21. The van der Waals surface area contributed by atoms with Gasteiger partial charge in [-0.3, -0.25) is 0 Å². The molecule has 0 bridgehead atoms. The standard InChI is InChI=1S/C16H23N3O/c1-2-8-16(9-5-10-17-16)15-18-13-6-3-4-7-14(13)19(15)11-12-20/h3-4,6-7,17,20H,2,5,8-12H2,1H3. The molecule has 0 radical (unpaired) electrons. The van der Waals surface area contributed by atoms with Crippen LogP contribution in [0.3, 0.4) is 0 Å². The first kappa shape index (κ1) is 13.6. The third kappa shape index (κ3) is 2.13. The maximum atomic E-state index is 9.41. The predicted molar refractivity (Wildman–Crippen MR) is 80.6 cm³/mol. The summed E-state index contributed by atoms with van der Waals surface area (Å²) in [7, 11) is 0. The van der Waals surface area contributed by atoms with E-state index in [-0.39, 0.29) is 12.1 Å². The number of fused-ring (bicyclic) bond motifs is 1. The molecule has 1 aromatic carbocycles. The zero-order chi connectivity index (χ0) is 14.0. The van der Waals surface area contributed by atoms with E-state index in [2.05, 4.69) is 28.9 Å². The van der Waals surface area contributed by atoms with E-state index in [0.29, 0.717) is 6.54 Å². The monoisotopic (exact) mass is 273 g/mol. The van der Waals surface area contributed by atoms with E-state index in [1.54, 1.807) is 0 Å². The highest BCUT2D eigenvalue weighted by molar-refractivity contribution is 5.76. The highest BCUT2D eigenvalue weighted by Gasteiger charge is 2.38. The van der Waals surface area contributed by atoms with Crippen LogP contribution in [0.15, 0.2) is 24.3 Å². The maximum absolute atomic E-state index is 9.41. The van der Waals surface area contributed by atoms with E-state index < -0.39 is 0 Å². The van der Waals surface area contributed by atoms with Gasteiger partial charge < -0.3 is 15.0 Å². The van der Waals surface area contributed by atoms with E-state index in [0.717, 1.165) is 42.7 Å². The number of aromatic nitrogens is 2. The predicted octanol–water partition coefficient (Wildman–Crippen LogP) is 2.41. The molecular formula is C16H23N3O. The molecule has 0 saturated carbocycles. The van der Waals surface area contributed by atoms with Crippen molar-refractivity contribution in [2.24, 2.45) is 0 Å². The lowest BCUT2D eigenvalue weighted by Crippen LogP contribution is -2.39. The minimum absolute atomic E-state index is 0.0110. The van der Waals surface area contributed by atoms with Gasteiger partial charge in [-0.25, -0.2) is 4.98 Å². The van der Waals surface area contributed by atoms with Crippen LogP contribution in [0.2, 0.25) is 0 Å². The molecule has 2 N–H and O–H groups in total. The average molecular weight is 273 g/mol. The van der Waals surface area contributed by atoms with Crippen LogP contribution in [-0.4, -0.2) is 27.8 Å². The molecule has 1 fully saturated rings. The van der Waals surface area contributed by atoms with Crippen molar-refractivity contribution in [3.63, 3.8) is 0 Å². The van der Waals surface area contributed by atoms with Gasteiger partial charge in [-0.15, -0.1) is 0 Å². The number of nitrogens with zero attached hydrogens (tertiary/aromatic N) is 2. The van der Waals surface area contributed by atoms with Gasteiger partial charge in [0.25, 0.3) is 0 Å². The van der Waals surface area contributed by atoms with Gasteiger partial charge in [-0.1, -0.05) is 25.5 Å². The highest BCUT2D eigenvalue weighted by Crippen LogP contribution is 2.36. The van der Waals surface area contributed by atoms with Gasteiger partial charge in [0.2, 0.25) is 0 Å². The number of rotatable bonds is 5. The van der Waals surface area contributed by atoms with Crippen LogP contribution in [0.4, 0.5) is 0 Å². The second-order valence-electron chi connectivity index (χ2n) is 5.66. The van der Waals surface area contributed by atoms with Crippen molar-refractivity contribution in [3.05, 3.63) is 30.1 Å². The summed E-state index contributed by atoms with van der Waals surface area (Å²) in [6.45, 7) is 4.04. The quantitative estimate of drug-likeness (QED) is 0.879. The van der Waals surface area contributed by atoms with Crippen LogP contribution in [-0.2, 0) is 12.1 Å². The van der Waals surface area contributed by atoms with Crippen LogP contribution in [0.1, 0.15) is 38.4 Å². The van der Waals surface area contributed by atoms with Crippen LogP contribution in [0.5, 0.6) is 0 Å². The van der Waals surface area contributed by atoms with Crippen LogP contribution in [0, 0.1) is 0 Å². The first-order valence-corrected chi connectivity index (χ1v) is 7.62. The third-order valence-electron chi connectivity index (χ3n) is 4.33. The zero-order valence-corrected chi connectivity index (χ0v) is 12.1. The maximum Gasteiger partial charge on any atom is 0.130 e. The number of imidazole rings is 1. The molecule has 0 amide bonds. The fraction of sp³-hybridized carbons (Fsp3) is 0.562. The van der Waals surface area contributed by atoms with Gasteiger partial charge >= 0.3 is 0 Å². The van der Waals surface area contributed by atoms with Crippen LogP contribution in [0.25, 0.3) is 11.0 Å². The molecule has 1 atom stereocenters. The Balaban J connectivity index is 2.15. The van der Waals surface area contributed by atoms with Gasteiger partial charge in [0.05, 0.1) is 23.2 Å². The Morgan fingerprint density at radius 2 is 2.25 bits per heavy atom. The van der Waals surface area contributed by atoms with Crippen molar-refractivity contribution in [3.8, 4) is 0 Å². The minimum Gasteiger partial charge on any atom is -0.395 e. The lowest BCUT2D eigenvalue weighted by molar-refractivity contribution is 0.262. The fourth-order valence-corrected chi connectivity index (χ4v) is 3.52. The lowest BCUT2D eigenvalue weighted by atomic mass is 9.91. The molecule has 1 aliphatic heterocycles. The first-order valence-electron chi connectivity index (χ1n) is 7.62. The molecule has 108 valence electrons. The molecule has 1 aromatic heterocycles. The Morgan fingerprint density at radius 1 is 1.40 bits per heavy atom. The summed E-state index contributed by atoms with van der Waals surface area (Å²) in [6.07, 6.45) is 4.56. The average Bonchev–Trinajstić information content (AvgIpc) is 3.06. The number of para-hydroxylation sites is 2. The summed E-state index contributed by atoms with van der Waals surface area (Å²) in [5.74, 6) is 1.10. The normalized spacial score (nSPS) is 22.7. The van der Waals surface area contributed by atoms with Crippen molar-refractivity contribution in [1.29, 1.82) is 0 Å². The summed E-state index contributed by atoms with van der Waals surface area (Å²) in [5.41, 5.74) is 2.14. The van der Waals surface area contributed by atoms with Crippen molar-refractivity contribution in [2.75, 3.05) is 13.2 Å². The molecule has 4 heteroatoms. The molecule has 0 aliphatic carbocycles. The molecule has 0 spiro atoms. The van der Waals surface area contributed by atoms with Gasteiger partial charge in [0, 0.05) is 6.54 Å². The van der Waals surface area contributed by atoms with Gasteiger partial charge in [-0.2, -0.15) is 0 Å². The minimum atomic E-state index is -0.0110. The Kier molecular flexibility index (Phi) is 3.76. The van der Waals surface area contributed by atoms with E-state index in [4.69, 9.17) is 4.98 Å². The molecule has 2 heterocycles. The number of aliphatic hydroxyl groups excluding tert-OH is 1. The Labute approximate surface area is 119 Å². The summed E-state index contributed by atoms with van der Waals surface area (Å²) < 4.78 is 2.20. The number of benzene rings is 1. The Hall–Kier alpha value is -1.39. The van der Waals surface area contributed by atoms with Gasteiger partial charge in [0.15, 0.2) is 0 Å². The highest BCUT2D eigenvalue weighted by atomic mass is 16.3. The molecule has 3 rings (SSSR count). The van der Waals surface area contributed by atoms with Crippen LogP contribution >= 0.6 is 0 Å². The van der Waals surface area contributed by atoms with Gasteiger partial charge in [0.1, 0.15) is 5.82 Å². The van der Waals surface area contributed by atoms with Crippen molar-refractivity contribution < 1.29 is 5.11 Å². The first-order chi connectivity index (χ1) is 9.80. The van der Waals surface area contributed by atoms with E-state index in [1.807, 2.05) is 12.1 Å². The summed E-state index contributed by atoms with van der Waals surface area (Å²) >= 11 is 0. The zero-order valence-electron chi connectivity index (χ0n) is 12.1. The molecule has 4 nitrogen and oxygen atoms in total. The molecular weight excluding hydrogens is 250 g/mol. The topological polar surface area (TPSA) is 50.1 Å². The second kappa shape index (κ2) is 5.54. The Bertz CT molecular complexity index is 584. The molecule has 1 unspecified atom stereocenters. The van der Waals surface area contributed by atoms with Gasteiger partial charge in [-0.05, 0) is 37.9 Å².